The van der Waals surface area contributed by atoms with Gasteiger partial charge in [0.1, 0.15) is 6.29 Å². The van der Waals surface area contributed by atoms with Crippen LogP contribution in [0.25, 0.3) is 0 Å². The highest BCUT2D eigenvalue weighted by atomic mass is 32.2. The molecule has 0 aliphatic carbocycles. The van der Waals surface area contributed by atoms with Crippen molar-refractivity contribution < 1.29 is 4.79 Å². The number of rotatable bonds is 4. The summed E-state index contributed by atoms with van der Waals surface area (Å²) < 4.78 is 0. The van der Waals surface area contributed by atoms with E-state index in [1.165, 1.54) is 0 Å². The fraction of sp³-hybridized carbons (Fsp3) is 0.500. The number of carbonyl (C=O) groups excluding carboxylic acids is 1. The first-order chi connectivity index (χ1) is 3.91. The molecule has 0 saturated heterocycles. The first-order valence-corrected chi connectivity index (χ1v) is 3.69. The van der Waals surface area contributed by atoms with Crippen molar-refractivity contribution >= 4 is 18.0 Å². The standard InChI is InChI=1S/C6H10OS/c1-2-3-5-8-6-4-7/h2-4H,5-6H2,1H3. The van der Waals surface area contributed by atoms with Gasteiger partial charge in [-0.3, -0.25) is 0 Å². The molecule has 0 bridgehead atoms. The van der Waals surface area contributed by atoms with Gasteiger partial charge in [-0.25, -0.2) is 0 Å². The Kier molecular flexibility index (Phi) is 6.56. The van der Waals surface area contributed by atoms with Crippen LogP contribution in [0, 0.1) is 0 Å². The fourth-order valence-electron chi connectivity index (χ4n) is 0.280. The lowest BCUT2D eigenvalue weighted by atomic mass is 10.6. The molecule has 0 N–H and O–H groups in total. The number of allylic oxidation sites excluding steroid dienone is 1. The Morgan fingerprint density at radius 1 is 1.50 bits per heavy atom. The highest BCUT2D eigenvalue weighted by Crippen LogP contribution is 1.95. The molecule has 0 aromatic rings. The average molecular weight is 130 g/mol. The molecule has 0 fully saturated rings. The first kappa shape index (κ1) is 7.76. The van der Waals surface area contributed by atoms with E-state index >= 15 is 0 Å². The molecule has 2 heteroatoms. The topological polar surface area (TPSA) is 17.1 Å². The molecule has 0 aromatic carbocycles. The number of aldehydes is 1. The second-order valence-corrected chi connectivity index (χ2v) is 2.35. The molecule has 0 aliphatic rings. The third-order valence-corrected chi connectivity index (χ3v) is 1.44. The number of thioether (sulfide) groups is 1. The zero-order valence-electron chi connectivity index (χ0n) is 4.96. The van der Waals surface area contributed by atoms with Gasteiger partial charge in [0, 0.05) is 11.5 Å². The van der Waals surface area contributed by atoms with E-state index in [4.69, 9.17) is 0 Å². The van der Waals surface area contributed by atoms with E-state index in [2.05, 4.69) is 0 Å². The maximum absolute atomic E-state index is 9.72. The molecule has 0 amide bonds. The van der Waals surface area contributed by atoms with Crippen LogP contribution in [0.1, 0.15) is 6.92 Å². The van der Waals surface area contributed by atoms with Crippen molar-refractivity contribution in [3.63, 3.8) is 0 Å². The third kappa shape index (κ3) is 5.76. The fourth-order valence-corrected chi connectivity index (χ4v) is 0.841. The normalized spacial score (nSPS) is 10.1. The summed E-state index contributed by atoms with van der Waals surface area (Å²) in [5.41, 5.74) is 0. The molecule has 0 rings (SSSR count). The Labute approximate surface area is 54.2 Å². The second kappa shape index (κ2) is 6.76. The first-order valence-electron chi connectivity index (χ1n) is 2.54. The second-order valence-electron chi connectivity index (χ2n) is 1.27. The van der Waals surface area contributed by atoms with Gasteiger partial charge >= 0.3 is 0 Å². The van der Waals surface area contributed by atoms with E-state index in [9.17, 15) is 4.79 Å². The minimum atomic E-state index is 0.615. The molecule has 0 atom stereocenters. The summed E-state index contributed by atoms with van der Waals surface area (Å²) >= 11 is 1.62. The van der Waals surface area contributed by atoms with Gasteiger partial charge < -0.3 is 4.79 Å². The lowest BCUT2D eigenvalue weighted by Crippen LogP contribution is -1.78. The van der Waals surface area contributed by atoms with E-state index in [1.54, 1.807) is 11.8 Å². The molecule has 1 nitrogen and oxygen atoms in total. The summed E-state index contributed by atoms with van der Waals surface area (Å²) in [4.78, 5) is 9.72. The van der Waals surface area contributed by atoms with Crippen molar-refractivity contribution in [3.05, 3.63) is 12.2 Å². The summed E-state index contributed by atoms with van der Waals surface area (Å²) in [6.45, 7) is 1.97. The lowest BCUT2D eigenvalue weighted by Gasteiger charge is -1.84. The Bertz CT molecular complexity index is 78.6. The predicted octanol–water partition coefficient (Wildman–Crippen LogP) is 1.49. The molecule has 0 saturated carbocycles. The SMILES string of the molecule is CC=CCSCC=O. The van der Waals surface area contributed by atoms with Crippen molar-refractivity contribution in [1.82, 2.24) is 0 Å². The van der Waals surface area contributed by atoms with Crippen LogP contribution in [0.2, 0.25) is 0 Å². The lowest BCUT2D eigenvalue weighted by molar-refractivity contribution is -0.105. The number of hydrogen-bond donors (Lipinski definition) is 0. The van der Waals surface area contributed by atoms with Crippen LogP contribution < -0.4 is 0 Å². The van der Waals surface area contributed by atoms with Crippen molar-refractivity contribution in [3.8, 4) is 0 Å². The highest BCUT2D eigenvalue weighted by molar-refractivity contribution is 7.99. The van der Waals surface area contributed by atoms with Crippen LogP contribution in [0.15, 0.2) is 12.2 Å². The third-order valence-electron chi connectivity index (χ3n) is 0.636. The van der Waals surface area contributed by atoms with Crippen molar-refractivity contribution in [2.45, 2.75) is 6.92 Å². The summed E-state index contributed by atoms with van der Waals surface area (Å²) in [6, 6.07) is 0. The number of carbonyl (C=O) groups is 1. The molecule has 0 spiro atoms. The van der Waals surface area contributed by atoms with Gasteiger partial charge in [-0.1, -0.05) is 12.2 Å². The van der Waals surface area contributed by atoms with Gasteiger partial charge in [-0.15, -0.1) is 0 Å². The molecule has 46 valence electrons. The minimum absolute atomic E-state index is 0.615. The molecular formula is C6H10OS. The maximum Gasteiger partial charge on any atom is 0.129 e. The summed E-state index contributed by atoms with van der Waals surface area (Å²) in [5.74, 6) is 1.57. The van der Waals surface area contributed by atoms with Crippen LogP contribution in [0.5, 0.6) is 0 Å². The monoisotopic (exact) mass is 130 g/mol. The van der Waals surface area contributed by atoms with Crippen LogP contribution >= 0.6 is 11.8 Å². The molecule has 0 unspecified atom stereocenters. The van der Waals surface area contributed by atoms with E-state index in [1.807, 2.05) is 19.1 Å². The summed E-state index contributed by atoms with van der Waals surface area (Å²) in [6.07, 6.45) is 4.94. The Balaban J connectivity index is 2.82. The smallest absolute Gasteiger partial charge is 0.129 e. The molecule has 0 radical (unpaired) electrons. The molecular weight excluding hydrogens is 120 g/mol. The molecule has 0 aromatic heterocycles. The zero-order valence-corrected chi connectivity index (χ0v) is 5.78. The maximum atomic E-state index is 9.72. The Morgan fingerprint density at radius 2 is 2.25 bits per heavy atom. The van der Waals surface area contributed by atoms with Crippen LogP contribution in [-0.4, -0.2) is 17.8 Å². The Hall–Kier alpha value is -0.240. The zero-order chi connectivity index (χ0) is 6.24. The Morgan fingerprint density at radius 3 is 2.75 bits per heavy atom. The van der Waals surface area contributed by atoms with Gasteiger partial charge in [-0.05, 0) is 6.92 Å². The van der Waals surface area contributed by atoms with Gasteiger partial charge in [0.15, 0.2) is 0 Å². The molecule has 8 heavy (non-hydrogen) atoms. The predicted molar refractivity (Wildman–Crippen MR) is 38.2 cm³/mol. The number of hydrogen-bond acceptors (Lipinski definition) is 2. The van der Waals surface area contributed by atoms with Gasteiger partial charge in [-0.2, -0.15) is 11.8 Å². The van der Waals surface area contributed by atoms with Crippen LogP contribution in [-0.2, 0) is 4.79 Å². The quantitative estimate of drug-likeness (QED) is 0.326. The van der Waals surface area contributed by atoms with E-state index in [-0.39, 0.29) is 0 Å². The van der Waals surface area contributed by atoms with E-state index < -0.39 is 0 Å². The minimum Gasteiger partial charge on any atom is -0.302 e. The summed E-state index contributed by atoms with van der Waals surface area (Å²) in [7, 11) is 0. The van der Waals surface area contributed by atoms with Crippen LogP contribution in [0.4, 0.5) is 0 Å². The largest absolute Gasteiger partial charge is 0.302 e. The van der Waals surface area contributed by atoms with Crippen molar-refractivity contribution in [2.75, 3.05) is 11.5 Å². The van der Waals surface area contributed by atoms with E-state index in [0.29, 0.717) is 5.75 Å². The van der Waals surface area contributed by atoms with Crippen molar-refractivity contribution in [1.29, 1.82) is 0 Å². The van der Waals surface area contributed by atoms with Crippen molar-refractivity contribution in [2.24, 2.45) is 0 Å². The van der Waals surface area contributed by atoms with Gasteiger partial charge in [0.25, 0.3) is 0 Å². The molecule has 0 heterocycles. The van der Waals surface area contributed by atoms with E-state index in [0.717, 1.165) is 12.0 Å². The van der Waals surface area contributed by atoms with Gasteiger partial charge in [0.2, 0.25) is 0 Å². The molecule has 0 aliphatic heterocycles. The average Bonchev–Trinajstić information content (AvgIpc) is 1.81. The van der Waals surface area contributed by atoms with Crippen LogP contribution in [0.3, 0.4) is 0 Å². The highest BCUT2D eigenvalue weighted by Gasteiger charge is 1.77. The summed E-state index contributed by atoms with van der Waals surface area (Å²) in [5, 5.41) is 0. The van der Waals surface area contributed by atoms with Gasteiger partial charge in [0.05, 0.1) is 0 Å².